The quantitative estimate of drug-likeness (QED) is 0.279. The number of aliphatic hydroxyl groups excluding tert-OH is 1. The van der Waals surface area contributed by atoms with Crippen molar-refractivity contribution in [3.63, 3.8) is 0 Å². The minimum atomic E-state index is -0.465. The van der Waals surface area contributed by atoms with Crippen LogP contribution in [-0.4, -0.2) is 54.9 Å². The van der Waals surface area contributed by atoms with Crippen molar-refractivity contribution in [1.82, 2.24) is 10.2 Å². The van der Waals surface area contributed by atoms with E-state index in [-0.39, 0.29) is 30.2 Å². The number of halogens is 1. The van der Waals surface area contributed by atoms with Crippen molar-refractivity contribution >= 4 is 5.91 Å². The van der Waals surface area contributed by atoms with Crippen molar-refractivity contribution < 1.29 is 23.8 Å². The maximum atomic E-state index is 14.3. The van der Waals surface area contributed by atoms with Crippen molar-refractivity contribution in [2.45, 2.75) is 24.9 Å². The van der Waals surface area contributed by atoms with Gasteiger partial charge in [0.05, 0.1) is 32.4 Å². The van der Waals surface area contributed by atoms with Gasteiger partial charge in [-0.15, -0.1) is 0 Å². The third-order valence-electron chi connectivity index (χ3n) is 7.47. The Morgan fingerprint density at radius 1 is 1.02 bits per heavy atom. The lowest BCUT2D eigenvalue weighted by Gasteiger charge is -2.28. The second-order valence-electron chi connectivity index (χ2n) is 10.2. The Morgan fingerprint density at radius 2 is 1.83 bits per heavy atom. The van der Waals surface area contributed by atoms with E-state index in [2.05, 4.69) is 40.7 Å². The minimum Gasteiger partial charge on any atom is -0.494 e. The number of nitrogens with zero attached hydrogens (tertiary/aromatic N) is 1. The fourth-order valence-corrected chi connectivity index (χ4v) is 5.40. The van der Waals surface area contributed by atoms with Gasteiger partial charge in [-0.05, 0) is 72.1 Å². The summed E-state index contributed by atoms with van der Waals surface area (Å²) in [6.07, 6.45) is 12.1. The van der Waals surface area contributed by atoms with Gasteiger partial charge in [-0.2, -0.15) is 0 Å². The number of benzene rings is 3. The zero-order chi connectivity index (χ0) is 28.6. The third-order valence-corrected chi connectivity index (χ3v) is 7.47. The predicted octanol–water partition coefficient (Wildman–Crippen LogP) is 5.76. The lowest BCUT2D eigenvalue weighted by Crippen LogP contribution is -2.38. The van der Waals surface area contributed by atoms with Crippen molar-refractivity contribution in [3.8, 4) is 22.6 Å². The normalized spacial score (nSPS) is 18.0. The van der Waals surface area contributed by atoms with Gasteiger partial charge in [0.15, 0.2) is 11.6 Å². The number of carbonyl (C=O) groups excluding carboxylic acids is 1. The summed E-state index contributed by atoms with van der Waals surface area (Å²) in [4.78, 5) is 15.5. The first kappa shape index (κ1) is 28.2. The molecule has 7 heteroatoms. The highest BCUT2D eigenvalue weighted by Gasteiger charge is 2.33. The smallest absolute Gasteiger partial charge is 0.251 e. The van der Waals surface area contributed by atoms with Crippen LogP contribution in [0.1, 0.15) is 23.2 Å². The Labute approximate surface area is 240 Å². The molecule has 0 fully saturated rings. The number of fused-ring (bicyclic) bond motifs is 1. The van der Waals surface area contributed by atoms with E-state index in [4.69, 9.17) is 9.47 Å². The van der Waals surface area contributed by atoms with Gasteiger partial charge in [0.2, 0.25) is 0 Å². The molecule has 0 radical (unpaired) electrons. The molecular weight excluding hydrogens is 519 g/mol. The number of amides is 1. The summed E-state index contributed by atoms with van der Waals surface area (Å²) >= 11 is 0. The molecule has 2 aliphatic rings. The van der Waals surface area contributed by atoms with E-state index >= 15 is 0 Å². The van der Waals surface area contributed by atoms with Gasteiger partial charge < -0.3 is 24.8 Å². The maximum Gasteiger partial charge on any atom is 0.251 e. The van der Waals surface area contributed by atoms with Crippen LogP contribution in [-0.2, 0) is 0 Å². The second-order valence-corrected chi connectivity index (χ2v) is 10.2. The van der Waals surface area contributed by atoms with Gasteiger partial charge in [0, 0.05) is 18.0 Å². The Morgan fingerprint density at radius 3 is 2.61 bits per heavy atom. The van der Waals surface area contributed by atoms with Crippen molar-refractivity contribution in [3.05, 3.63) is 120 Å². The molecule has 2 N–H and O–H groups in total. The summed E-state index contributed by atoms with van der Waals surface area (Å²) in [6.45, 7) is 1.27. The molecule has 5 rings (SSSR count). The molecule has 1 amide bonds. The van der Waals surface area contributed by atoms with Gasteiger partial charge >= 0.3 is 0 Å². The van der Waals surface area contributed by atoms with E-state index in [1.807, 2.05) is 36.4 Å². The summed E-state index contributed by atoms with van der Waals surface area (Å²) in [6, 6.07) is 21.3. The number of aliphatic hydroxyl groups is 1. The highest BCUT2D eigenvalue weighted by molar-refractivity contribution is 5.95. The number of rotatable bonds is 12. The van der Waals surface area contributed by atoms with Gasteiger partial charge in [-0.3, -0.25) is 4.79 Å². The van der Waals surface area contributed by atoms with E-state index in [1.165, 1.54) is 18.7 Å². The molecule has 0 aromatic heterocycles. The van der Waals surface area contributed by atoms with Crippen LogP contribution in [0.25, 0.3) is 11.1 Å². The Bertz CT molecular complexity index is 1440. The number of hydrogen-bond donors (Lipinski definition) is 2. The lowest BCUT2D eigenvalue weighted by molar-refractivity contribution is 0.0916. The van der Waals surface area contributed by atoms with Crippen LogP contribution >= 0.6 is 0 Å². The van der Waals surface area contributed by atoms with Crippen LogP contribution in [0.15, 0.2) is 109 Å². The molecule has 1 aliphatic heterocycles. The largest absolute Gasteiger partial charge is 0.494 e. The summed E-state index contributed by atoms with van der Waals surface area (Å²) in [5.41, 5.74) is 2.97. The van der Waals surface area contributed by atoms with Crippen LogP contribution in [0.4, 0.5) is 4.39 Å². The molecule has 0 saturated heterocycles. The molecule has 6 nitrogen and oxygen atoms in total. The summed E-state index contributed by atoms with van der Waals surface area (Å²) in [5, 5.41) is 13.2. The number of para-hydroxylation sites is 1. The van der Waals surface area contributed by atoms with Gasteiger partial charge in [0.25, 0.3) is 5.91 Å². The minimum absolute atomic E-state index is 0.166. The first-order chi connectivity index (χ1) is 20.1. The Hall–Kier alpha value is -4.36. The first-order valence-corrected chi connectivity index (χ1v) is 13.9. The number of nitrogens with one attached hydrogen (secondary N) is 1. The molecule has 0 saturated carbocycles. The van der Waals surface area contributed by atoms with Crippen molar-refractivity contribution in [1.29, 1.82) is 0 Å². The fraction of sp³-hybridized carbons (Fsp3) is 0.265. The third kappa shape index (κ3) is 6.87. The topological polar surface area (TPSA) is 71.0 Å². The molecule has 0 bridgehead atoms. The number of methoxy groups -OCH3 is 1. The van der Waals surface area contributed by atoms with Gasteiger partial charge in [0.1, 0.15) is 5.75 Å². The molecule has 0 spiro atoms. The molecule has 41 heavy (non-hydrogen) atoms. The van der Waals surface area contributed by atoms with Crippen molar-refractivity contribution in [2.24, 2.45) is 5.92 Å². The van der Waals surface area contributed by atoms with E-state index in [0.29, 0.717) is 29.7 Å². The number of ether oxygens (including phenoxy) is 2. The highest BCUT2D eigenvalue weighted by atomic mass is 19.1. The molecule has 3 atom stereocenters. The monoisotopic (exact) mass is 554 g/mol. The predicted molar refractivity (Wildman–Crippen MR) is 158 cm³/mol. The SMILES string of the molecule is COc1ccc(-c2cccc(C(=O)N[C@@H](CO)CC3=CN(CCCOc4ccccc4)C4C=CC=CC34)c2)cc1F. The van der Waals surface area contributed by atoms with E-state index < -0.39 is 11.9 Å². The molecule has 3 aromatic carbocycles. The lowest BCUT2D eigenvalue weighted by atomic mass is 9.87. The van der Waals surface area contributed by atoms with Gasteiger partial charge in [-0.25, -0.2) is 4.39 Å². The van der Waals surface area contributed by atoms with Crippen LogP contribution in [0.3, 0.4) is 0 Å². The zero-order valence-corrected chi connectivity index (χ0v) is 23.1. The fourth-order valence-electron chi connectivity index (χ4n) is 5.40. The van der Waals surface area contributed by atoms with E-state index in [1.54, 1.807) is 30.3 Å². The van der Waals surface area contributed by atoms with Crippen molar-refractivity contribution in [2.75, 3.05) is 26.9 Å². The van der Waals surface area contributed by atoms with Gasteiger partial charge in [-0.1, -0.05) is 60.7 Å². The zero-order valence-electron chi connectivity index (χ0n) is 23.1. The Balaban J connectivity index is 1.22. The van der Waals surface area contributed by atoms with E-state index in [0.717, 1.165) is 18.7 Å². The molecule has 1 aliphatic carbocycles. The van der Waals surface area contributed by atoms with Crippen LogP contribution in [0.5, 0.6) is 11.5 Å². The van der Waals surface area contributed by atoms with Crippen LogP contribution in [0, 0.1) is 11.7 Å². The number of carbonyl (C=O) groups is 1. The summed E-state index contributed by atoms with van der Waals surface area (Å²) in [5.74, 6) is 0.470. The second kappa shape index (κ2) is 13.3. The summed E-state index contributed by atoms with van der Waals surface area (Å²) in [7, 11) is 1.42. The highest BCUT2D eigenvalue weighted by Crippen LogP contribution is 2.35. The number of allylic oxidation sites excluding steroid dienone is 2. The van der Waals surface area contributed by atoms with E-state index in [9.17, 15) is 14.3 Å². The molecular formula is C34H35FN2O4. The Kier molecular flexibility index (Phi) is 9.16. The molecule has 3 aromatic rings. The average molecular weight is 555 g/mol. The summed E-state index contributed by atoms with van der Waals surface area (Å²) < 4.78 is 25.1. The molecule has 1 heterocycles. The number of hydrogen-bond acceptors (Lipinski definition) is 5. The standard InChI is InChI=1S/C34H35FN2O4/c1-40-33-16-15-25(21-31(33)35)24-9-7-10-26(19-24)34(39)36-28(23-38)20-27-22-37(32-14-6-5-13-30(27)32)17-8-18-41-29-11-3-2-4-12-29/h2-7,9-16,19,21-22,28,30,32,38H,8,17-18,20,23H2,1H3,(H,36,39)/t28-,30?,32?/m1/s1. The average Bonchev–Trinajstić information content (AvgIpc) is 3.36. The van der Waals surface area contributed by atoms with Crippen LogP contribution < -0.4 is 14.8 Å². The maximum absolute atomic E-state index is 14.3. The first-order valence-electron chi connectivity index (χ1n) is 13.9. The molecule has 2 unspecified atom stereocenters. The molecule has 212 valence electrons. The van der Waals surface area contributed by atoms with Crippen LogP contribution in [0.2, 0.25) is 0 Å².